The van der Waals surface area contributed by atoms with Gasteiger partial charge in [-0.3, -0.25) is 0 Å². The lowest BCUT2D eigenvalue weighted by Gasteiger charge is -2.41. The van der Waals surface area contributed by atoms with Crippen molar-refractivity contribution in [3.8, 4) is 11.5 Å². The van der Waals surface area contributed by atoms with E-state index in [0.717, 1.165) is 30.6 Å². The average molecular weight is 327 g/mol. The van der Waals surface area contributed by atoms with Crippen molar-refractivity contribution in [1.82, 2.24) is 5.32 Å². The van der Waals surface area contributed by atoms with Gasteiger partial charge >= 0.3 is 0 Å². The van der Waals surface area contributed by atoms with E-state index in [2.05, 4.69) is 30.5 Å². The summed E-state index contributed by atoms with van der Waals surface area (Å²) in [5.41, 5.74) is 3.53. The number of benzene rings is 1. The molecule has 2 bridgehead atoms. The molecule has 0 saturated heterocycles. The van der Waals surface area contributed by atoms with Gasteiger partial charge in [0.15, 0.2) is 11.5 Å². The number of nitrogens with one attached hydrogen (secondary N) is 1. The third kappa shape index (κ3) is 1.78. The third-order valence-electron chi connectivity index (χ3n) is 6.26. The first-order valence-electron chi connectivity index (χ1n) is 8.51. The zero-order valence-corrected chi connectivity index (χ0v) is 14.8. The molecule has 128 valence electrons. The molecular weight excluding hydrogens is 302 g/mol. The van der Waals surface area contributed by atoms with E-state index in [1.165, 1.54) is 11.1 Å². The first-order chi connectivity index (χ1) is 11.5. The Morgan fingerprint density at radius 2 is 1.96 bits per heavy atom. The van der Waals surface area contributed by atoms with E-state index < -0.39 is 0 Å². The van der Waals surface area contributed by atoms with Gasteiger partial charge in [-0.05, 0) is 48.6 Å². The van der Waals surface area contributed by atoms with E-state index in [1.807, 2.05) is 13.1 Å². The molecule has 0 amide bonds. The van der Waals surface area contributed by atoms with Gasteiger partial charge < -0.3 is 19.9 Å². The van der Waals surface area contributed by atoms with Crippen LogP contribution in [-0.4, -0.2) is 32.4 Å². The number of likely N-dealkylation sites (N-methyl/N-ethyl adjacent to an activating group) is 1. The maximum Gasteiger partial charge on any atom is 0.162 e. The largest absolute Gasteiger partial charge is 0.504 e. The van der Waals surface area contributed by atoms with Crippen LogP contribution in [0.3, 0.4) is 0 Å². The standard InChI is InChI=1S/C20H25NO3/c1-19-9-12-5-8-15(24-4)17(22)16(12)20(11-19)10-13(23-3)6-7-14(20)18(19)21-2/h5-8,18,21-22H,9-11H2,1-4H3. The van der Waals surface area contributed by atoms with E-state index >= 15 is 0 Å². The Bertz CT molecular complexity index is 766. The van der Waals surface area contributed by atoms with Gasteiger partial charge in [0.1, 0.15) is 0 Å². The van der Waals surface area contributed by atoms with E-state index in [0.29, 0.717) is 11.8 Å². The Morgan fingerprint density at radius 1 is 1.17 bits per heavy atom. The Labute approximate surface area is 143 Å². The van der Waals surface area contributed by atoms with Gasteiger partial charge in [-0.25, -0.2) is 0 Å². The Hall–Kier alpha value is -1.94. The molecule has 1 spiro atoms. The molecule has 4 nitrogen and oxygen atoms in total. The molecule has 1 fully saturated rings. The maximum absolute atomic E-state index is 11.0. The number of phenolic OH excluding ortho intramolecular Hbond substituents is 1. The van der Waals surface area contributed by atoms with Gasteiger partial charge in [0.2, 0.25) is 0 Å². The summed E-state index contributed by atoms with van der Waals surface area (Å²) in [6.07, 6.45) is 7.02. The van der Waals surface area contributed by atoms with Crippen LogP contribution in [0.15, 0.2) is 35.6 Å². The lowest BCUT2D eigenvalue weighted by molar-refractivity contribution is 0.211. The molecule has 0 heterocycles. The van der Waals surface area contributed by atoms with Crippen molar-refractivity contribution in [2.45, 2.75) is 37.6 Å². The smallest absolute Gasteiger partial charge is 0.162 e. The predicted molar refractivity (Wildman–Crippen MR) is 93.4 cm³/mol. The van der Waals surface area contributed by atoms with Crippen molar-refractivity contribution in [2.75, 3.05) is 21.3 Å². The molecule has 3 unspecified atom stereocenters. The second kappa shape index (κ2) is 5.03. The first-order valence-corrected chi connectivity index (χ1v) is 8.51. The summed E-state index contributed by atoms with van der Waals surface area (Å²) in [6, 6.07) is 4.30. The molecule has 0 aromatic heterocycles. The lowest BCUT2D eigenvalue weighted by Crippen LogP contribution is -2.40. The minimum absolute atomic E-state index is 0.131. The molecule has 4 heteroatoms. The van der Waals surface area contributed by atoms with Crippen molar-refractivity contribution in [3.63, 3.8) is 0 Å². The highest BCUT2D eigenvalue weighted by molar-refractivity contribution is 5.63. The minimum atomic E-state index is -0.214. The monoisotopic (exact) mass is 327 g/mol. The molecule has 1 aromatic rings. The molecule has 0 aliphatic heterocycles. The van der Waals surface area contributed by atoms with Crippen LogP contribution >= 0.6 is 0 Å². The van der Waals surface area contributed by atoms with Crippen molar-refractivity contribution in [1.29, 1.82) is 0 Å². The molecule has 3 aliphatic carbocycles. The number of hydrogen-bond acceptors (Lipinski definition) is 4. The van der Waals surface area contributed by atoms with Crippen molar-refractivity contribution >= 4 is 0 Å². The number of phenols is 1. The third-order valence-corrected chi connectivity index (χ3v) is 6.26. The van der Waals surface area contributed by atoms with Crippen LogP contribution < -0.4 is 10.1 Å². The first kappa shape index (κ1) is 15.6. The minimum Gasteiger partial charge on any atom is -0.504 e. The summed E-state index contributed by atoms with van der Waals surface area (Å²) < 4.78 is 11.0. The van der Waals surface area contributed by atoms with Gasteiger partial charge in [-0.1, -0.05) is 19.1 Å². The maximum atomic E-state index is 11.0. The SMILES string of the molecule is CNC1C2=CC=C(OC)CC23CC1(C)Cc1ccc(OC)c(O)c13. The van der Waals surface area contributed by atoms with E-state index in [-0.39, 0.29) is 16.6 Å². The lowest BCUT2D eigenvalue weighted by atomic mass is 9.63. The molecule has 3 atom stereocenters. The predicted octanol–water partition coefficient (Wildman–Crippen LogP) is 3.05. The van der Waals surface area contributed by atoms with E-state index in [1.54, 1.807) is 14.2 Å². The fraction of sp³-hybridized carbons (Fsp3) is 0.500. The van der Waals surface area contributed by atoms with Gasteiger partial charge in [-0.15, -0.1) is 0 Å². The normalized spacial score (nSPS) is 33.2. The molecule has 0 radical (unpaired) electrons. The fourth-order valence-corrected chi connectivity index (χ4v) is 5.53. The Morgan fingerprint density at radius 3 is 2.62 bits per heavy atom. The van der Waals surface area contributed by atoms with Crippen LogP contribution in [0, 0.1) is 5.41 Å². The summed E-state index contributed by atoms with van der Waals surface area (Å²) >= 11 is 0. The van der Waals surface area contributed by atoms with Crippen LogP contribution in [0.25, 0.3) is 0 Å². The second-order valence-electron chi connectivity index (χ2n) is 7.60. The summed E-state index contributed by atoms with van der Waals surface area (Å²) in [5.74, 6) is 1.80. The summed E-state index contributed by atoms with van der Waals surface area (Å²) in [5, 5.41) is 14.5. The highest BCUT2D eigenvalue weighted by Gasteiger charge is 2.61. The number of fused-ring (bicyclic) bond motifs is 2. The van der Waals surface area contributed by atoms with Crippen LogP contribution in [0.1, 0.15) is 30.9 Å². The summed E-state index contributed by atoms with van der Waals surface area (Å²) in [7, 11) is 5.36. The zero-order valence-electron chi connectivity index (χ0n) is 14.8. The fourth-order valence-electron chi connectivity index (χ4n) is 5.53. The van der Waals surface area contributed by atoms with E-state index in [4.69, 9.17) is 9.47 Å². The Kier molecular flexibility index (Phi) is 3.26. The number of allylic oxidation sites excluding steroid dienone is 3. The van der Waals surface area contributed by atoms with Crippen LogP contribution in [-0.2, 0) is 16.6 Å². The second-order valence-corrected chi connectivity index (χ2v) is 7.60. The van der Waals surface area contributed by atoms with E-state index in [9.17, 15) is 5.11 Å². The van der Waals surface area contributed by atoms with Gasteiger partial charge in [-0.2, -0.15) is 0 Å². The van der Waals surface area contributed by atoms with Crippen molar-refractivity contribution < 1.29 is 14.6 Å². The molecule has 1 aromatic carbocycles. The molecule has 4 rings (SSSR count). The number of rotatable bonds is 3. The molecule has 24 heavy (non-hydrogen) atoms. The number of aromatic hydroxyl groups is 1. The van der Waals surface area contributed by atoms with Crippen molar-refractivity contribution in [3.05, 3.63) is 46.7 Å². The highest BCUT2D eigenvalue weighted by Crippen LogP contribution is 2.65. The molecule has 2 N–H and O–H groups in total. The number of methoxy groups -OCH3 is 2. The quantitative estimate of drug-likeness (QED) is 0.896. The molecule has 1 saturated carbocycles. The highest BCUT2D eigenvalue weighted by atomic mass is 16.5. The Balaban J connectivity index is 2.00. The van der Waals surface area contributed by atoms with Crippen LogP contribution in [0.2, 0.25) is 0 Å². The van der Waals surface area contributed by atoms with Gasteiger partial charge in [0.25, 0.3) is 0 Å². The van der Waals surface area contributed by atoms with Crippen molar-refractivity contribution in [2.24, 2.45) is 5.41 Å². The van der Waals surface area contributed by atoms with Crippen LogP contribution in [0.4, 0.5) is 0 Å². The van der Waals surface area contributed by atoms with Gasteiger partial charge in [0.05, 0.1) is 20.0 Å². The topological polar surface area (TPSA) is 50.7 Å². The summed E-state index contributed by atoms with van der Waals surface area (Å²) in [4.78, 5) is 0. The number of hydrogen-bond donors (Lipinski definition) is 2. The van der Waals surface area contributed by atoms with Crippen LogP contribution in [0.5, 0.6) is 11.5 Å². The molecule has 3 aliphatic rings. The number of ether oxygens (including phenoxy) is 2. The average Bonchev–Trinajstić information content (AvgIpc) is 2.76. The molecular formula is C20H25NO3. The van der Waals surface area contributed by atoms with Gasteiger partial charge in [0, 0.05) is 23.4 Å². The summed E-state index contributed by atoms with van der Waals surface area (Å²) in [6.45, 7) is 2.35. The zero-order chi connectivity index (χ0) is 17.1.